The zero-order chi connectivity index (χ0) is 17.7. The number of hydrogen-bond donors (Lipinski definition) is 0. The lowest BCUT2D eigenvalue weighted by Crippen LogP contribution is -2.13. The predicted molar refractivity (Wildman–Crippen MR) is 102 cm³/mol. The molecule has 1 aliphatic carbocycles. The minimum Gasteiger partial charge on any atom is -0.465 e. The highest BCUT2D eigenvalue weighted by Crippen LogP contribution is 2.23. The summed E-state index contributed by atoms with van der Waals surface area (Å²) in [4.78, 5) is 11.4. The van der Waals surface area contributed by atoms with Gasteiger partial charge < -0.3 is 9.47 Å². The van der Waals surface area contributed by atoms with E-state index in [1.165, 1.54) is 76.9 Å². The molecule has 0 bridgehead atoms. The second-order valence-corrected chi connectivity index (χ2v) is 7.29. The normalized spacial score (nSPS) is 15.2. The van der Waals surface area contributed by atoms with E-state index in [-0.39, 0.29) is 5.97 Å². The van der Waals surface area contributed by atoms with Gasteiger partial charge in [0.05, 0.1) is 12.7 Å². The van der Waals surface area contributed by atoms with Gasteiger partial charge in [0.2, 0.25) is 0 Å². The van der Waals surface area contributed by atoms with Crippen LogP contribution in [-0.2, 0) is 15.9 Å². The molecule has 0 spiro atoms. The van der Waals surface area contributed by atoms with Crippen molar-refractivity contribution in [1.29, 1.82) is 0 Å². The van der Waals surface area contributed by atoms with E-state index >= 15 is 0 Å². The molecule has 0 saturated heterocycles. The van der Waals surface area contributed by atoms with Crippen molar-refractivity contribution in [3.05, 3.63) is 35.4 Å². The van der Waals surface area contributed by atoms with Gasteiger partial charge in [-0.25, -0.2) is 4.79 Å². The number of methoxy groups -OCH3 is 1. The largest absolute Gasteiger partial charge is 0.465 e. The summed E-state index contributed by atoms with van der Waals surface area (Å²) in [6.45, 7) is 1.92. The van der Waals surface area contributed by atoms with Gasteiger partial charge in [-0.2, -0.15) is 0 Å². The molecule has 1 saturated carbocycles. The highest BCUT2D eigenvalue weighted by Gasteiger charge is 2.12. The quantitative estimate of drug-likeness (QED) is 0.388. The van der Waals surface area contributed by atoms with Crippen molar-refractivity contribution in [2.45, 2.75) is 70.6 Å². The fourth-order valence-corrected chi connectivity index (χ4v) is 3.59. The number of esters is 1. The SMILES string of the molecule is COC(=O)c1ccc(CCCCCCCOCC2CCCCC2)cc1. The van der Waals surface area contributed by atoms with Gasteiger partial charge in [0.1, 0.15) is 0 Å². The van der Waals surface area contributed by atoms with Gasteiger partial charge in [-0.15, -0.1) is 0 Å². The first-order valence-corrected chi connectivity index (χ1v) is 10.0. The second-order valence-electron chi connectivity index (χ2n) is 7.29. The maximum atomic E-state index is 11.4. The molecular formula is C22H34O3. The zero-order valence-electron chi connectivity index (χ0n) is 15.8. The molecule has 140 valence electrons. The fourth-order valence-electron chi connectivity index (χ4n) is 3.59. The minimum atomic E-state index is -0.266. The average molecular weight is 347 g/mol. The Morgan fingerprint density at radius 3 is 2.36 bits per heavy atom. The summed E-state index contributed by atoms with van der Waals surface area (Å²) in [6, 6.07) is 7.77. The highest BCUT2D eigenvalue weighted by atomic mass is 16.5. The Kier molecular flexibility index (Phi) is 9.65. The molecular weight excluding hydrogens is 312 g/mol. The molecule has 0 amide bonds. The molecule has 0 atom stereocenters. The van der Waals surface area contributed by atoms with Gasteiger partial charge in [0.25, 0.3) is 0 Å². The molecule has 3 nitrogen and oxygen atoms in total. The minimum absolute atomic E-state index is 0.266. The van der Waals surface area contributed by atoms with Crippen molar-refractivity contribution in [2.24, 2.45) is 5.92 Å². The summed E-state index contributed by atoms with van der Waals surface area (Å²) in [6.07, 6.45) is 14.3. The molecule has 1 aliphatic rings. The van der Waals surface area contributed by atoms with Crippen LogP contribution in [0.1, 0.15) is 80.1 Å². The maximum absolute atomic E-state index is 11.4. The van der Waals surface area contributed by atoms with Crippen molar-refractivity contribution in [1.82, 2.24) is 0 Å². The summed E-state index contributed by atoms with van der Waals surface area (Å²) >= 11 is 0. The molecule has 1 fully saturated rings. The zero-order valence-corrected chi connectivity index (χ0v) is 15.8. The summed E-state index contributed by atoms with van der Waals surface area (Å²) in [5.74, 6) is 0.566. The number of carbonyl (C=O) groups excluding carboxylic acids is 1. The van der Waals surface area contributed by atoms with Gasteiger partial charge in [-0.3, -0.25) is 0 Å². The summed E-state index contributed by atoms with van der Waals surface area (Å²) < 4.78 is 10.6. The van der Waals surface area contributed by atoms with Crippen LogP contribution in [0.25, 0.3) is 0 Å². The van der Waals surface area contributed by atoms with Crippen LogP contribution in [0, 0.1) is 5.92 Å². The van der Waals surface area contributed by atoms with E-state index in [0.717, 1.165) is 25.6 Å². The van der Waals surface area contributed by atoms with Crippen LogP contribution in [0.4, 0.5) is 0 Å². The summed E-state index contributed by atoms with van der Waals surface area (Å²) in [5.41, 5.74) is 1.92. The number of hydrogen-bond acceptors (Lipinski definition) is 3. The van der Waals surface area contributed by atoms with Crippen LogP contribution < -0.4 is 0 Å². The lowest BCUT2D eigenvalue weighted by Gasteiger charge is -2.21. The number of unbranched alkanes of at least 4 members (excludes halogenated alkanes) is 4. The number of benzene rings is 1. The number of carbonyl (C=O) groups is 1. The first-order valence-electron chi connectivity index (χ1n) is 10.0. The van der Waals surface area contributed by atoms with E-state index < -0.39 is 0 Å². The van der Waals surface area contributed by atoms with E-state index in [2.05, 4.69) is 0 Å². The van der Waals surface area contributed by atoms with E-state index in [1.54, 1.807) is 0 Å². The molecule has 0 radical (unpaired) electrons. The standard InChI is InChI=1S/C22H34O3/c1-24-22(23)21-15-13-19(14-16-21)10-6-3-2-4-9-17-25-18-20-11-7-5-8-12-20/h13-16,20H,2-12,17-18H2,1H3. The molecule has 0 aliphatic heterocycles. The molecule has 1 aromatic rings. The Hall–Kier alpha value is -1.35. The lowest BCUT2D eigenvalue weighted by molar-refractivity contribution is 0.0600. The molecule has 0 N–H and O–H groups in total. The van der Waals surface area contributed by atoms with Crippen LogP contribution in [-0.4, -0.2) is 26.3 Å². The number of rotatable bonds is 11. The third kappa shape index (κ3) is 8.04. The Labute approximate surface area is 153 Å². The second kappa shape index (κ2) is 12.1. The number of ether oxygens (including phenoxy) is 2. The van der Waals surface area contributed by atoms with Crippen molar-refractivity contribution in [3.8, 4) is 0 Å². The Morgan fingerprint density at radius 1 is 0.960 bits per heavy atom. The summed E-state index contributed by atoms with van der Waals surface area (Å²) in [5, 5.41) is 0. The van der Waals surface area contributed by atoms with Gasteiger partial charge in [0, 0.05) is 13.2 Å². The third-order valence-electron chi connectivity index (χ3n) is 5.21. The highest BCUT2D eigenvalue weighted by molar-refractivity contribution is 5.89. The van der Waals surface area contributed by atoms with E-state index in [0.29, 0.717) is 5.56 Å². The van der Waals surface area contributed by atoms with E-state index in [1.807, 2.05) is 24.3 Å². The van der Waals surface area contributed by atoms with Gasteiger partial charge >= 0.3 is 5.97 Å². The fraction of sp³-hybridized carbons (Fsp3) is 0.682. The Bertz CT molecular complexity index is 475. The van der Waals surface area contributed by atoms with Gasteiger partial charge in [-0.1, -0.05) is 50.7 Å². The first-order chi connectivity index (χ1) is 12.3. The van der Waals surface area contributed by atoms with Crippen LogP contribution in [0.5, 0.6) is 0 Å². The monoisotopic (exact) mass is 346 g/mol. The topological polar surface area (TPSA) is 35.5 Å². The molecule has 0 heterocycles. The lowest BCUT2D eigenvalue weighted by atomic mass is 9.90. The molecule has 25 heavy (non-hydrogen) atoms. The smallest absolute Gasteiger partial charge is 0.337 e. The van der Waals surface area contributed by atoms with Gasteiger partial charge in [-0.05, 0) is 55.7 Å². The van der Waals surface area contributed by atoms with Gasteiger partial charge in [0.15, 0.2) is 0 Å². The maximum Gasteiger partial charge on any atom is 0.337 e. The first kappa shape index (κ1) is 20.0. The third-order valence-corrected chi connectivity index (χ3v) is 5.21. The van der Waals surface area contributed by atoms with Crippen molar-refractivity contribution in [3.63, 3.8) is 0 Å². The average Bonchev–Trinajstić information content (AvgIpc) is 2.67. The molecule has 2 rings (SSSR count). The van der Waals surface area contributed by atoms with E-state index in [9.17, 15) is 4.79 Å². The molecule has 1 aromatic carbocycles. The molecule has 0 unspecified atom stereocenters. The molecule has 3 heteroatoms. The van der Waals surface area contributed by atoms with Crippen LogP contribution >= 0.6 is 0 Å². The van der Waals surface area contributed by atoms with Crippen LogP contribution in [0.3, 0.4) is 0 Å². The van der Waals surface area contributed by atoms with Crippen LogP contribution in [0.15, 0.2) is 24.3 Å². The number of aryl methyl sites for hydroxylation is 1. The Balaban J connectivity index is 1.43. The summed E-state index contributed by atoms with van der Waals surface area (Å²) in [7, 11) is 1.41. The predicted octanol–water partition coefficient (Wildman–Crippen LogP) is 5.56. The van der Waals surface area contributed by atoms with Crippen molar-refractivity contribution < 1.29 is 14.3 Å². The molecule has 0 aromatic heterocycles. The Morgan fingerprint density at radius 2 is 1.64 bits per heavy atom. The van der Waals surface area contributed by atoms with E-state index in [4.69, 9.17) is 9.47 Å². The van der Waals surface area contributed by atoms with Crippen LogP contribution in [0.2, 0.25) is 0 Å². The van der Waals surface area contributed by atoms with Crippen molar-refractivity contribution >= 4 is 5.97 Å². The van der Waals surface area contributed by atoms with Crippen molar-refractivity contribution in [2.75, 3.05) is 20.3 Å².